The number of aryl methyl sites for hydroxylation is 1. The van der Waals surface area contributed by atoms with Crippen molar-refractivity contribution in [1.82, 2.24) is 24.7 Å². The van der Waals surface area contributed by atoms with Crippen LogP contribution < -0.4 is 5.32 Å². The van der Waals surface area contributed by atoms with Crippen LogP contribution in [0.4, 0.5) is 19.1 Å². The molecule has 0 amide bonds. The Morgan fingerprint density at radius 2 is 2.04 bits per heavy atom. The first-order valence-corrected chi connectivity index (χ1v) is 8.42. The van der Waals surface area contributed by atoms with Crippen LogP contribution in [0.5, 0.6) is 0 Å². The molecule has 1 atom stereocenters. The molecule has 0 unspecified atom stereocenters. The average Bonchev–Trinajstić information content (AvgIpc) is 3.01. The number of hydrogen-bond donors (Lipinski definition) is 1. The molecule has 0 aromatic carbocycles. The van der Waals surface area contributed by atoms with Crippen molar-refractivity contribution in [1.29, 1.82) is 0 Å². The number of halogens is 3. The van der Waals surface area contributed by atoms with Gasteiger partial charge in [0.25, 0.3) is 0 Å². The van der Waals surface area contributed by atoms with Crippen LogP contribution in [0.3, 0.4) is 0 Å². The Morgan fingerprint density at radius 1 is 1.22 bits per heavy atom. The molecule has 0 saturated carbocycles. The molecule has 27 heavy (non-hydrogen) atoms. The standard InChI is InChI=1S/C18H19F3N6/c1-12(11-27-16(18(19,20)21)8-13(2)26-27)9-24-17-23-7-5-15(25-17)14-4-3-6-22-10-14/h3-8,10,12H,9,11H2,1-2H3,(H,23,24,25)/t12-/m0/s1. The topological polar surface area (TPSA) is 68.5 Å². The zero-order chi connectivity index (χ0) is 19.4. The van der Waals surface area contributed by atoms with Crippen molar-refractivity contribution in [2.75, 3.05) is 11.9 Å². The molecule has 9 heteroatoms. The van der Waals surface area contributed by atoms with Gasteiger partial charge in [0, 0.05) is 37.2 Å². The van der Waals surface area contributed by atoms with Crippen LogP contribution in [0.15, 0.2) is 42.9 Å². The van der Waals surface area contributed by atoms with E-state index in [0.717, 1.165) is 22.0 Å². The van der Waals surface area contributed by atoms with E-state index in [1.807, 2.05) is 19.1 Å². The number of anilines is 1. The minimum Gasteiger partial charge on any atom is -0.354 e. The highest BCUT2D eigenvalue weighted by Crippen LogP contribution is 2.30. The lowest BCUT2D eigenvalue weighted by Crippen LogP contribution is -2.22. The lowest BCUT2D eigenvalue weighted by molar-refractivity contribution is -0.144. The van der Waals surface area contributed by atoms with Crippen molar-refractivity contribution in [3.8, 4) is 11.3 Å². The molecule has 3 aromatic heterocycles. The van der Waals surface area contributed by atoms with Crippen molar-refractivity contribution in [3.05, 3.63) is 54.2 Å². The first kappa shape index (κ1) is 18.8. The number of nitrogens with one attached hydrogen (secondary N) is 1. The molecule has 0 aliphatic heterocycles. The smallest absolute Gasteiger partial charge is 0.354 e. The molecule has 1 N–H and O–H groups in total. The zero-order valence-electron chi connectivity index (χ0n) is 14.9. The normalized spacial score (nSPS) is 12.8. The Bertz CT molecular complexity index is 892. The SMILES string of the molecule is Cc1cc(C(F)(F)F)n(C[C@@H](C)CNc2nccc(-c3cccnc3)n2)n1. The lowest BCUT2D eigenvalue weighted by Gasteiger charge is -2.16. The highest BCUT2D eigenvalue weighted by molar-refractivity contribution is 5.58. The van der Waals surface area contributed by atoms with Gasteiger partial charge in [-0.1, -0.05) is 6.92 Å². The number of aromatic nitrogens is 5. The third kappa shape index (κ3) is 4.81. The quantitative estimate of drug-likeness (QED) is 0.709. The molecular formula is C18H19F3N6. The largest absolute Gasteiger partial charge is 0.433 e. The maximum atomic E-state index is 13.1. The maximum Gasteiger partial charge on any atom is 0.433 e. The van der Waals surface area contributed by atoms with Gasteiger partial charge in [-0.05, 0) is 37.1 Å². The van der Waals surface area contributed by atoms with Crippen molar-refractivity contribution >= 4 is 5.95 Å². The molecule has 0 bridgehead atoms. The number of hydrogen-bond acceptors (Lipinski definition) is 5. The highest BCUT2D eigenvalue weighted by Gasteiger charge is 2.35. The molecule has 0 saturated heterocycles. The molecule has 0 fully saturated rings. The molecule has 3 aromatic rings. The molecular weight excluding hydrogens is 357 g/mol. The van der Waals surface area contributed by atoms with Gasteiger partial charge in [0.1, 0.15) is 5.69 Å². The Balaban J connectivity index is 1.64. The monoisotopic (exact) mass is 376 g/mol. The lowest BCUT2D eigenvalue weighted by atomic mass is 10.2. The second-order valence-electron chi connectivity index (χ2n) is 6.34. The van der Waals surface area contributed by atoms with Gasteiger partial charge in [-0.3, -0.25) is 9.67 Å². The predicted octanol–water partition coefficient (Wildman–Crippen LogP) is 3.81. The fraction of sp³-hybridized carbons (Fsp3) is 0.333. The third-order valence-corrected chi connectivity index (χ3v) is 3.90. The van der Waals surface area contributed by atoms with Crippen LogP contribution in [0.2, 0.25) is 0 Å². The van der Waals surface area contributed by atoms with Crippen LogP contribution >= 0.6 is 0 Å². The van der Waals surface area contributed by atoms with Gasteiger partial charge in [0.15, 0.2) is 0 Å². The van der Waals surface area contributed by atoms with Gasteiger partial charge in [-0.15, -0.1) is 0 Å². The Hall–Kier alpha value is -2.97. The van der Waals surface area contributed by atoms with Crippen molar-refractivity contribution in [2.45, 2.75) is 26.6 Å². The summed E-state index contributed by atoms with van der Waals surface area (Å²) < 4.78 is 40.2. The predicted molar refractivity (Wildman–Crippen MR) is 94.9 cm³/mol. The van der Waals surface area contributed by atoms with E-state index in [2.05, 4.69) is 25.4 Å². The van der Waals surface area contributed by atoms with Gasteiger partial charge in [-0.2, -0.15) is 18.3 Å². The van der Waals surface area contributed by atoms with Gasteiger partial charge in [-0.25, -0.2) is 9.97 Å². The average molecular weight is 376 g/mol. The summed E-state index contributed by atoms with van der Waals surface area (Å²) in [4.78, 5) is 12.6. The summed E-state index contributed by atoms with van der Waals surface area (Å²) in [6.45, 7) is 3.94. The molecule has 0 radical (unpaired) electrons. The Kier molecular flexibility index (Phi) is 5.38. The van der Waals surface area contributed by atoms with E-state index in [-0.39, 0.29) is 12.5 Å². The second kappa shape index (κ2) is 7.73. The van der Waals surface area contributed by atoms with E-state index in [0.29, 0.717) is 18.2 Å². The van der Waals surface area contributed by atoms with Gasteiger partial charge < -0.3 is 5.32 Å². The van der Waals surface area contributed by atoms with Gasteiger partial charge in [0.2, 0.25) is 5.95 Å². The molecule has 142 valence electrons. The van der Waals surface area contributed by atoms with E-state index >= 15 is 0 Å². The van der Waals surface area contributed by atoms with Crippen LogP contribution in [0, 0.1) is 12.8 Å². The van der Waals surface area contributed by atoms with Crippen LogP contribution in [-0.2, 0) is 12.7 Å². The number of rotatable bonds is 6. The zero-order valence-corrected chi connectivity index (χ0v) is 14.9. The highest BCUT2D eigenvalue weighted by atomic mass is 19.4. The number of alkyl halides is 3. The fourth-order valence-electron chi connectivity index (χ4n) is 2.66. The van der Waals surface area contributed by atoms with E-state index in [9.17, 15) is 13.2 Å². The summed E-state index contributed by atoms with van der Waals surface area (Å²) in [5.41, 5.74) is 1.19. The number of pyridine rings is 1. The molecule has 3 heterocycles. The van der Waals surface area contributed by atoms with Crippen molar-refractivity contribution in [3.63, 3.8) is 0 Å². The van der Waals surface area contributed by atoms with Gasteiger partial charge >= 0.3 is 6.18 Å². The first-order valence-electron chi connectivity index (χ1n) is 8.42. The Labute approximate surface area is 154 Å². The van der Waals surface area contributed by atoms with Crippen molar-refractivity contribution in [2.24, 2.45) is 5.92 Å². The van der Waals surface area contributed by atoms with E-state index < -0.39 is 11.9 Å². The summed E-state index contributed by atoms with van der Waals surface area (Å²) >= 11 is 0. The van der Waals surface area contributed by atoms with E-state index in [4.69, 9.17) is 0 Å². The molecule has 3 rings (SSSR count). The molecule has 0 spiro atoms. The summed E-state index contributed by atoms with van der Waals surface area (Å²) in [6, 6.07) is 6.53. The van der Waals surface area contributed by atoms with Crippen LogP contribution in [0.25, 0.3) is 11.3 Å². The number of nitrogens with zero attached hydrogens (tertiary/aromatic N) is 5. The minimum absolute atomic E-state index is 0.115. The third-order valence-electron chi connectivity index (χ3n) is 3.90. The molecule has 6 nitrogen and oxygen atoms in total. The van der Waals surface area contributed by atoms with Crippen LogP contribution in [-0.4, -0.2) is 31.3 Å². The first-order chi connectivity index (χ1) is 12.8. The summed E-state index contributed by atoms with van der Waals surface area (Å²) in [7, 11) is 0. The van der Waals surface area contributed by atoms with E-state index in [1.165, 1.54) is 0 Å². The Morgan fingerprint density at radius 3 is 2.74 bits per heavy atom. The van der Waals surface area contributed by atoms with Crippen LogP contribution in [0.1, 0.15) is 18.3 Å². The summed E-state index contributed by atoms with van der Waals surface area (Å²) in [5.74, 6) is 0.298. The summed E-state index contributed by atoms with van der Waals surface area (Å²) in [5, 5.41) is 7.03. The van der Waals surface area contributed by atoms with E-state index in [1.54, 1.807) is 31.6 Å². The summed E-state index contributed by atoms with van der Waals surface area (Å²) in [6.07, 6.45) is 0.585. The second-order valence-corrected chi connectivity index (χ2v) is 6.34. The molecule has 0 aliphatic rings. The fourth-order valence-corrected chi connectivity index (χ4v) is 2.66. The molecule has 0 aliphatic carbocycles. The van der Waals surface area contributed by atoms with Crippen molar-refractivity contribution < 1.29 is 13.2 Å². The van der Waals surface area contributed by atoms with Gasteiger partial charge in [0.05, 0.1) is 11.4 Å². The minimum atomic E-state index is -4.42. The maximum absolute atomic E-state index is 13.1.